The van der Waals surface area contributed by atoms with Gasteiger partial charge in [-0.05, 0) is 37.6 Å². The lowest BCUT2D eigenvalue weighted by Crippen LogP contribution is -2.66. The van der Waals surface area contributed by atoms with E-state index in [0.717, 1.165) is 61.2 Å². The van der Waals surface area contributed by atoms with E-state index in [1.54, 1.807) is 17.5 Å². The highest BCUT2D eigenvalue weighted by atomic mass is 32.1. The molecule has 1 atom stereocenters. The largest absolute Gasteiger partial charge is 0.335 e. The van der Waals surface area contributed by atoms with E-state index in [1.807, 2.05) is 41.4 Å². The number of aromatic nitrogens is 2. The van der Waals surface area contributed by atoms with E-state index < -0.39 is 0 Å². The number of carbonyl (C=O) groups excluding carboxylic acids is 1. The van der Waals surface area contributed by atoms with Crippen LogP contribution in [0.15, 0.2) is 42.7 Å². The van der Waals surface area contributed by atoms with E-state index in [9.17, 15) is 4.79 Å². The van der Waals surface area contributed by atoms with Gasteiger partial charge in [-0.25, -0.2) is 4.98 Å². The summed E-state index contributed by atoms with van der Waals surface area (Å²) in [5, 5.41) is 3.13. The fraction of sp³-hybridized carbons (Fsp3) is 0.409. The van der Waals surface area contributed by atoms with E-state index in [1.165, 1.54) is 4.88 Å². The monoisotopic (exact) mass is 392 g/mol. The summed E-state index contributed by atoms with van der Waals surface area (Å²) in [5.74, 6) is 0.0661. The predicted octanol–water partition coefficient (Wildman–Crippen LogP) is 3.88. The fourth-order valence-corrected chi connectivity index (χ4v) is 5.50. The van der Waals surface area contributed by atoms with Crippen LogP contribution in [0.25, 0.3) is 10.8 Å². The first-order valence-electron chi connectivity index (χ1n) is 9.94. The molecule has 1 spiro atoms. The summed E-state index contributed by atoms with van der Waals surface area (Å²) in [6.45, 7) is 5.72. The molecule has 2 saturated heterocycles. The number of amides is 1. The minimum atomic E-state index is 0.0661. The third kappa shape index (κ3) is 3.01. The zero-order valence-corrected chi connectivity index (χ0v) is 16.9. The zero-order chi connectivity index (χ0) is 19.1. The van der Waals surface area contributed by atoms with Gasteiger partial charge in [0, 0.05) is 54.4 Å². The van der Waals surface area contributed by atoms with Crippen LogP contribution < -0.4 is 0 Å². The normalized spacial score (nSPS) is 22.5. The quantitative estimate of drug-likeness (QED) is 0.679. The average molecular weight is 393 g/mol. The number of rotatable bonds is 3. The molecule has 144 valence electrons. The molecule has 1 amide bonds. The summed E-state index contributed by atoms with van der Waals surface area (Å²) in [6.07, 6.45) is 7.12. The Labute approximate surface area is 169 Å². The summed E-state index contributed by atoms with van der Waals surface area (Å²) in [4.78, 5) is 28.1. The molecule has 0 unspecified atom stereocenters. The molecule has 0 radical (unpaired) electrons. The molecule has 28 heavy (non-hydrogen) atoms. The number of benzene rings is 1. The Hall–Kier alpha value is -2.31. The molecule has 0 aliphatic carbocycles. The number of fused-ring (bicyclic) bond motifs is 1. The third-order valence-corrected chi connectivity index (χ3v) is 7.15. The van der Waals surface area contributed by atoms with Gasteiger partial charge < -0.3 is 4.90 Å². The molecule has 0 N–H and O–H groups in total. The maximum Gasteiger partial charge on any atom is 0.273 e. The van der Waals surface area contributed by atoms with Crippen LogP contribution in [0.3, 0.4) is 0 Å². The van der Waals surface area contributed by atoms with Gasteiger partial charge in [-0.1, -0.05) is 24.3 Å². The number of pyridine rings is 1. The highest BCUT2D eigenvalue weighted by molar-refractivity contribution is 7.11. The van der Waals surface area contributed by atoms with Crippen molar-refractivity contribution >= 4 is 28.0 Å². The summed E-state index contributed by atoms with van der Waals surface area (Å²) in [7, 11) is 0. The number of carbonyl (C=O) groups is 1. The molecule has 2 aromatic heterocycles. The number of aryl methyl sites for hydroxylation is 1. The van der Waals surface area contributed by atoms with E-state index in [0.29, 0.717) is 5.69 Å². The van der Waals surface area contributed by atoms with Gasteiger partial charge in [0.1, 0.15) is 5.69 Å². The molecule has 5 nitrogen and oxygen atoms in total. The van der Waals surface area contributed by atoms with Crippen molar-refractivity contribution in [2.75, 3.05) is 19.6 Å². The molecule has 2 fully saturated rings. The van der Waals surface area contributed by atoms with Crippen molar-refractivity contribution < 1.29 is 4.79 Å². The standard InChI is InChI=1S/C22H24N4OS/c1-16-24-13-18(28-16)14-26-12-9-22(26)8-4-11-25(15-22)21(27)20-19-6-3-2-5-17(19)7-10-23-20/h2-3,5-7,10,13H,4,8-9,11-12,14-15H2,1H3/t22-/m0/s1. The van der Waals surface area contributed by atoms with Crippen LogP contribution in [0, 0.1) is 6.92 Å². The Morgan fingerprint density at radius 1 is 1.18 bits per heavy atom. The van der Waals surface area contributed by atoms with Crippen molar-refractivity contribution in [3.05, 3.63) is 58.3 Å². The fourth-order valence-electron chi connectivity index (χ4n) is 4.69. The summed E-state index contributed by atoms with van der Waals surface area (Å²) in [6, 6.07) is 9.98. The Balaban J connectivity index is 1.37. The van der Waals surface area contributed by atoms with Crippen molar-refractivity contribution in [3.63, 3.8) is 0 Å². The minimum Gasteiger partial charge on any atom is -0.335 e. The first-order chi connectivity index (χ1) is 13.6. The smallest absolute Gasteiger partial charge is 0.273 e. The van der Waals surface area contributed by atoms with Crippen molar-refractivity contribution in [1.82, 2.24) is 19.8 Å². The second kappa shape index (κ2) is 6.94. The lowest BCUT2D eigenvalue weighted by Gasteiger charge is -2.57. The van der Waals surface area contributed by atoms with E-state index in [2.05, 4.69) is 21.8 Å². The Morgan fingerprint density at radius 2 is 2.07 bits per heavy atom. The first kappa shape index (κ1) is 17.8. The highest BCUT2D eigenvalue weighted by Crippen LogP contribution is 2.40. The maximum atomic E-state index is 13.3. The predicted molar refractivity (Wildman–Crippen MR) is 111 cm³/mol. The van der Waals surface area contributed by atoms with Gasteiger partial charge >= 0.3 is 0 Å². The van der Waals surface area contributed by atoms with Crippen molar-refractivity contribution in [3.8, 4) is 0 Å². The van der Waals surface area contributed by atoms with Gasteiger partial charge in [0.25, 0.3) is 5.91 Å². The molecule has 2 aliphatic heterocycles. The highest BCUT2D eigenvalue weighted by Gasteiger charge is 2.48. The second-order valence-electron chi connectivity index (χ2n) is 7.95. The molecule has 3 aromatic rings. The molecule has 2 aliphatic rings. The topological polar surface area (TPSA) is 49.3 Å². The van der Waals surface area contributed by atoms with Gasteiger partial charge in [0.2, 0.25) is 0 Å². The molecule has 0 saturated carbocycles. The first-order valence-corrected chi connectivity index (χ1v) is 10.8. The number of likely N-dealkylation sites (tertiary alicyclic amines) is 2. The van der Waals surface area contributed by atoms with Crippen molar-refractivity contribution in [1.29, 1.82) is 0 Å². The number of hydrogen-bond donors (Lipinski definition) is 0. The van der Waals surface area contributed by atoms with Gasteiger partial charge in [-0.15, -0.1) is 11.3 Å². The van der Waals surface area contributed by atoms with Crippen LogP contribution >= 0.6 is 11.3 Å². The summed E-state index contributed by atoms with van der Waals surface area (Å²) in [5.41, 5.74) is 0.704. The van der Waals surface area contributed by atoms with Gasteiger partial charge in [0.15, 0.2) is 0 Å². The number of hydrogen-bond acceptors (Lipinski definition) is 5. The second-order valence-corrected chi connectivity index (χ2v) is 9.27. The van der Waals surface area contributed by atoms with E-state index in [-0.39, 0.29) is 11.4 Å². The van der Waals surface area contributed by atoms with Crippen molar-refractivity contribution in [2.24, 2.45) is 0 Å². The van der Waals surface area contributed by atoms with Crippen LogP contribution in [0.2, 0.25) is 0 Å². The molecule has 0 bridgehead atoms. The van der Waals surface area contributed by atoms with E-state index >= 15 is 0 Å². The number of thiazole rings is 1. The number of nitrogens with zero attached hydrogens (tertiary/aromatic N) is 4. The van der Waals surface area contributed by atoms with E-state index in [4.69, 9.17) is 0 Å². The van der Waals surface area contributed by atoms with Crippen LogP contribution in [-0.4, -0.2) is 50.8 Å². The van der Waals surface area contributed by atoms with Crippen LogP contribution in [0.5, 0.6) is 0 Å². The maximum absolute atomic E-state index is 13.3. The Morgan fingerprint density at radius 3 is 2.86 bits per heavy atom. The Kier molecular flexibility index (Phi) is 4.40. The molecule has 5 rings (SSSR count). The van der Waals surface area contributed by atoms with Crippen LogP contribution in [0.4, 0.5) is 0 Å². The van der Waals surface area contributed by atoms with Gasteiger partial charge in [-0.3, -0.25) is 14.7 Å². The van der Waals surface area contributed by atoms with Gasteiger partial charge in [-0.2, -0.15) is 0 Å². The summed E-state index contributed by atoms with van der Waals surface area (Å²) >= 11 is 1.77. The molecule has 1 aromatic carbocycles. The Bertz CT molecular complexity index is 1030. The lowest BCUT2D eigenvalue weighted by molar-refractivity contribution is -0.0643. The van der Waals surface area contributed by atoms with Crippen molar-refractivity contribution in [2.45, 2.75) is 38.3 Å². The third-order valence-electron chi connectivity index (χ3n) is 6.25. The average Bonchev–Trinajstić information content (AvgIpc) is 3.15. The van der Waals surface area contributed by atoms with Gasteiger partial charge in [0.05, 0.1) is 5.01 Å². The molecular formula is C22H24N4OS. The molecule has 6 heteroatoms. The zero-order valence-electron chi connectivity index (χ0n) is 16.1. The number of piperidine rings is 1. The molecular weight excluding hydrogens is 368 g/mol. The molecule has 4 heterocycles. The van der Waals surface area contributed by atoms with Crippen LogP contribution in [0.1, 0.15) is 39.6 Å². The minimum absolute atomic E-state index is 0.0661. The summed E-state index contributed by atoms with van der Waals surface area (Å²) < 4.78 is 0. The SMILES string of the molecule is Cc1ncc(CN2CC[C@]23CCCN(C(=O)c2nccc4ccccc24)C3)s1. The van der Waals surface area contributed by atoms with Crippen LogP contribution in [-0.2, 0) is 6.54 Å². The lowest BCUT2D eigenvalue weighted by atomic mass is 9.77.